The van der Waals surface area contributed by atoms with E-state index in [0.717, 1.165) is 4.88 Å². The van der Waals surface area contributed by atoms with Gasteiger partial charge in [0, 0.05) is 0 Å². The molecule has 0 saturated carbocycles. The molecule has 0 spiro atoms. The van der Waals surface area contributed by atoms with Crippen molar-refractivity contribution in [3.8, 4) is 10.8 Å². The first-order chi connectivity index (χ1) is 10.6. The molecule has 2 aromatic heterocycles. The van der Waals surface area contributed by atoms with Crippen LogP contribution in [0.5, 0.6) is 0 Å². The van der Waals surface area contributed by atoms with E-state index in [9.17, 15) is 4.79 Å². The molecule has 0 radical (unpaired) electrons. The summed E-state index contributed by atoms with van der Waals surface area (Å²) < 4.78 is 10.5. The minimum absolute atomic E-state index is 0.111. The van der Waals surface area contributed by atoms with Crippen LogP contribution >= 0.6 is 22.9 Å². The van der Waals surface area contributed by atoms with Crippen LogP contribution in [0, 0.1) is 0 Å². The fourth-order valence-electron chi connectivity index (χ4n) is 1.69. The van der Waals surface area contributed by atoms with Gasteiger partial charge in [0.25, 0.3) is 11.8 Å². The van der Waals surface area contributed by atoms with Crippen LogP contribution in [0.4, 0.5) is 5.69 Å². The molecule has 3 rings (SSSR count). The Labute approximate surface area is 134 Å². The van der Waals surface area contributed by atoms with Crippen molar-refractivity contribution in [2.45, 2.75) is 6.61 Å². The molecule has 0 aliphatic heterocycles. The van der Waals surface area contributed by atoms with E-state index in [2.05, 4.69) is 10.2 Å². The summed E-state index contributed by atoms with van der Waals surface area (Å²) in [5, 5.41) is 10.0. The summed E-state index contributed by atoms with van der Waals surface area (Å²) in [5.74, 6) is 0.0784. The van der Waals surface area contributed by atoms with Crippen molar-refractivity contribution >= 4 is 34.6 Å². The van der Waals surface area contributed by atoms with E-state index in [1.54, 1.807) is 0 Å². The van der Waals surface area contributed by atoms with Crippen molar-refractivity contribution in [1.82, 2.24) is 10.2 Å². The normalized spacial score (nSPS) is 10.6. The molecule has 0 aliphatic rings. The first kappa shape index (κ1) is 14.6. The third-order valence-electron chi connectivity index (χ3n) is 2.76. The van der Waals surface area contributed by atoms with Crippen molar-refractivity contribution in [3.05, 3.63) is 52.2 Å². The maximum absolute atomic E-state index is 11.9. The Morgan fingerprint density at radius 2 is 2.23 bits per heavy atom. The van der Waals surface area contributed by atoms with Gasteiger partial charge in [0.1, 0.15) is 0 Å². The number of hydrogen-bond acceptors (Lipinski definition) is 7. The standard InChI is InChI=1S/C14H10ClN3O3S/c15-9-4-3-8(6-10(9)16)14(19)20-7-12-17-18-13(21-12)11-2-1-5-22-11/h1-6H,7,16H2. The summed E-state index contributed by atoms with van der Waals surface area (Å²) in [4.78, 5) is 12.8. The summed E-state index contributed by atoms with van der Waals surface area (Å²) in [7, 11) is 0. The number of carbonyl (C=O) groups excluding carboxylic acids is 1. The second-order valence-corrected chi connectivity index (χ2v) is 5.65. The smallest absolute Gasteiger partial charge is 0.338 e. The van der Waals surface area contributed by atoms with Gasteiger partial charge >= 0.3 is 5.97 Å². The molecule has 8 heteroatoms. The predicted octanol–water partition coefficient (Wildman–Crippen LogP) is 3.39. The zero-order valence-electron chi connectivity index (χ0n) is 11.2. The number of anilines is 1. The van der Waals surface area contributed by atoms with Gasteiger partial charge in [0.15, 0.2) is 6.61 Å². The molecule has 0 bridgehead atoms. The maximum atomic E-state index is 11.9. The number of benzene rings is 1. The number of carbonyl (C=O) groups is 1. The van der Waals surface area contributed by atoms with E-state index in [0.29, 0.717) is 22.2 Å². The number of hydrogen-bond donors (Lipinski definition) is 1. The van der Waals surface area contributed by atoms with E-state index in [1.807, 2.05) is 17.5 Å². The van der Waals surface area contributed by atoms with E-state index in [1.165, 1.54) is 29.5 Å². The van der Waals surface area contributed by atoms with Crippen molar-refractivity contribution in [3.63, 3.8) is 0 Å². The summed E-state index contributed by atoms with van der Waals surface area (Å²) >= 11 is 7.28. The van der Waals surface area contributed by atoms with Crippen molar-refractivity contribution < 1.29 is 13.9 Å². The van der Waals surface area contributed by atoms with Gasteiger partial charge in [-0.05, 0) is 29.6 Å². The number of aromatic nitrogens is 2. The average molecular weight is 336 g/mol. The molecule has 2 heterocycles. The Bertz CT molecular complexity index is 802. The first-order valence-electron chi connectivity index (χ1n) is 6.22. The lowest BCUT2D eigenvalue weighted by atomic mass is 10.2. The molecule has 0 fully saturated rings. The molecule has 2 N–H and O–H groups in total. The topological polar surface area (TPSA) is 91.2 Å². The average Bonchev–Trinajstić information content (AvgIpc) is 3.18. The molecule has 1 aromatic carbocycles. The van der Waals surface area contributed by atoms with Crippen LogP contribution in [0.15, 0.2) is 40.1 Å². The summed E-state index contributed by atoms with van der Waals surface area (Å²) in [5.41, 5.74) is 6.26. The Morgan fingerprint density at radius 3 is 2.95 bits per heavy atom. The van der Waals surface area contributed by atoms with Crippen LogP contribution in [-0.2, 0) is 11.3 Å². The minimum atomic E-state index is -0.542. The Hall–Kier alpha value is -2.38. The van der Waals surface area contributed by atoms with Crippen LogP contribution in [-0.4, -0.2) is 16.2 Å². The van der Waals surface area contributed by atoms with E-state index >= 15 is 0 Å². The number of ether oxygens (including phenoxy) is 1. The highest BCUT2D eigenvalue weighted by Crippen LogP contribution is 2.23. The second-order valence-electron chi connectivity index (χ2n) is 4.29. The van der Waals surface area contributed by atoms with Crippen LogP contribution < -0.4 is 5.73 Å². The van der Waals surface area contributed by atoms with Gasteiger partial charge in [-0.1, -0.05) is 17.7 Å². The molecule has 22 heavy (non-hydrogen) atoms. The zero-order valence-corrected chi connectivity index (χ0v) is 12.7. The molecule has 3 aromatic rings. The third-order valence-corrected chi connectivity index (χ3v) is 3.96. The maximum Gasteiger partial charge on any atom is 0.338 e. The van der Waals surface area contributed by atoms with Gasteiger partial charge < -0.3 is 14.9 Å². The fourth-order valence-corrected chi connectivity index (χ4v) is 2.45. The van der Waals surface area contributed by atoms with Gasteiger partial charge in [-0.3, -0.25) is 0 Å². The SMILES string of the molecule is Nc1cc(C(=O)OCc2nnc(-c3cccs3)o2)ccc1Cl. The summed E-state index contributed by atoms with van der Waals surface area (Å²) in [6.45, 7) is -0.111. The van der Waals surface area contributed by atoms with E-state index in [-0.39, 0.29) is 12.5 Å². The fraction of sp³-hybridized carbons (Fsp3) is 0.0714. The quantitative estimate of drug-likeness (QED) is 0.580. The van der Waals surface area contributed by atoms with Crippen LogP contribution in [0.25, 0.3) is 10.8 Å². The number of esters is 1. The van der Waals surface area contributed by atoms with Crippen molar-refractivity contribution in [2.75, 3.05) is 5.73 Å². The molecule has 0 atom stereocenters. The molecule has 0 aliphatic carbocycles. The zero-order chi connectivity index (χ0) is 15.5. The highest BCUT2D eigenvalue weighted by atomic mass is 35.5. The molecule has 6 nitrogen and oxygen atoms in total. The summed E-state index contributed by atoms with van der Waals surface area (Å²) in [6, 6.07) is 8.27. The monoisotopic (exact) mass is 335 g/mol. The highest BCUT2D eigenvalue weighted by molar-refractivity contribution is 7.13. The van der Waals surface area contributed by atoms with Crippen molar-refractivity contribution in [1.29, 1.82) is 0 Å². The van der Waals surface area contributed by atoms with E-state index in [4.69, 9.17) is 26.5 Å². The second kappa shape index (κ2) is 6.17. The molecule has 112 valence electrons. The van der Waals surface area contributed by atoms with Gasteiger partial charge in [-0.25, -0.2) is 4.79 Å². The highest BCUT2D eigenvalue weighted by Gasteiger charge is 2.13. The third kappa shape index (κ3) is 3.10. The molecule has 0 saturated heterocycles. The largest absolute Gasteiger partial charge is 0.452 e. The van der Waals surface area contributed by atoms with Gasteiger partial charge in [-0.15, -0.1) is 21.5 Å². The molecular formula is C14H10ClN3O3S. The minimum Gasteiger partial charge on any atom is -0.452 e. The predicted molar refractivity (Wildman–Crippen MR) is 82.6 cm³/mol. The first-order valence-corrected chi connectivity index (χ1v) is 7.47. The number of nitrogens with two attached hydrogens (primary N) is 1. The molecule has 0 amide bonds. The van der Waals surface area contributed by atoms with Gasteiger partial charge in [0.2, 0.25) is 0 Å². The van der Waals surface area contributed by atoms with Gasteiger partial charge in [-0.2, -0.15) is 0 Å². The lowest BCUT2D eigenvalue weighted by Gasteiger charge is -2.04. The Morgan fingerprint density at radius 1 is 1.36 bits per heavy atom. The van der Waals surface area contributed by atoms with Crippen LogP contribution in [0.1, 0.15) is 16.2 Å². The summed E-state index contributed by atoms with van der Waals surface area (Å²) in [6.07, 6.45) is 0. The number of nitrogens with zero attached hydrogens (tertiary/aromatic N) is 2. The Balaban J connectivity index is 1.65. The van der Waals surface area contributed by atoms with E-state index < -0.39 is 5.97 Å². The van der Waals surface area contributed by atoms with Crippen molar-refractivity contribution in [2.24, 2.45) is 0 Å². The number of thiophene rings is 1. The number of halogens is 1. The lowest BCUT2D eigenvalue weighted by Crippen LogP contribution is -2.06. The number of nitrogen functional groups attached to an aromatic ring is 1. The van der Waals surface area contributed by atoms with Gasteiger partial charge in [0.05, 0.1) is 21.2 Å². The number of rotatable bonds is 4. The Kier molecular flexibility index (Phi) is 4.08. The van der Waals surface area contributed by atoms with Crippen LogP contribution in [0.3, 0.4) is 0 Å². The molecule has 0 unspecified atom stereocenters. The molecular weight excluding hydrogens is 326 g/mol. The van der Waals surface area contributed by atoms with Crippen LogP contribution in [0.2, 0.25) is 5.02 Å². The lowest BCUT2D eigenvalue weighted by molar-refractivity contribution is 0.0439.